The van der Waals surface area contributed by atoms with Crippen LogP contribution in [0, 0.1) is 15.9 Å². The van der Waals surface area contributed by atoms with Crippen LogP contribution in [0.3, 0.4) is 0 Å². The molecule has 0 atom stereocenters. The lowest BCUT2D eigenvalue weighted by Gasteiger charge is -2.17. The Morgan fingerprint density at radius 3 is 2.75 bits per heavy atom. The third-order valence-electron chi connectivity index (χ3n) is 4.00. The van der Waals surface area contributed by atoms with Gasteiger partial charge in [0.15, 0.2) is 6.61 Å². The molecule has 2 amide bonds. The van der Waals surface area contributed by atoms with Crippen LogP contribution in [0.15, 0.2) is 36.4 Å². The van der Waals surface area contributed by atoms with Gasteiger partial charge in [-0.1, -0.05) is 0 Å². The molecule has 0 aliphatic carbocycles. The zero-order valence-corrected chi connectivity index (χ0v) is 14.4. The van der Waals surface area contributed by atoms with Crippen molar-refractivity contribution >= 4 is 34.8 Å². The average molecular weight is 387 g/mol. The van der Waals surface area contributed by atoms with E-state index in [2.05, 4.69) is 10.6 Å². The van der Waals surface area contributed by atoms with Gasteiger partial charge < -0.3 is 15.4 Å². The highest BCUT2D eigenvalue weighted by atomic mass is 19.1. The van der Waals surface area contributed by atoms with Crippen LogP contribution in [0.2, 0.25) is 0 Å². The first-order valence-electron chi connectivity index (χ1n) is 8.17. The quantitative estimate of drug-likeness (QED) is 0.461. The van der Waals surface area contributed by atoms with Gasteiger partial charge in [0.1, 0.15) is 0 Å². The highest BCUT2D eigenvalue weighted by Gasteiger charge is 2.19. The monoisotopic (exact) mass is 387 g/mol. The maximum absolute atomic E-state index is 13.3. The third-order valence-corrected chi connectivity index (χ3v) is 4.00. The van der Waals surface area contributed by atoms with Crippen molar-refractivity contribution in [3.05, 3.63) is 63.5 Å². The molecule has 9 nitrogen and oxygen atoms in total. The Labute approximate surface area is 157 Å². The number of nitro benzene ring substituents is 1. The zero-order valence-electron chi connectivity index (χ0n) is 14.4. The fourth-order valence-electron chi connectivity index (χ4n) is 2.65. The lowest BCUT2D eigenvalue weighted by atomic mass is 10.0. The van der Waals surface area contributed by atoms with Crippen molar-refractivity contribution in [2.24, 2.45) is 0 Å². The Kier molecular flexibility index (Phi) is 5.30. The topological polar surface area (TPSA) is 128 Å². The Balaban J connectivity index is 1.59. The number of amides is 2. The Bertz CT molecular complexity index is 991. The van der Waals surface area contributed by atoms with Crippen molar-refractivity contribution in [1.29, 1.82) is 0 Å². The largest absolute Gasteiger partial charge is 0.452 e. The molecule has 2 aromatic rings. The van der Waals surface area contributed by atoms with Gasteiger partial charge in [-0.2, -0.15) is 4.39 Å². The minimum absolute atomic E-state index is 0.00123. The van der Waals surface area contributed by atoms with Crippen molar-refractivity contribution in [3.8, 4) is 0 Å². The van der Waals surface area contributed by atoms with Crippen LogP contribution in [0.1, 0.15) is 22.3 Å². The number of ether oxygens (including phenoxy) is 1. The van der Waals surface area contributed by atoms with E-state index in [1.807, 2.05) is 0 Å². The van der Waals surface area contributed by atoms with Gasteiger partial charge in [-0.25, -0.2) is 4.79 Å². The number of halogens is 1. The van der Waals surface area contributed by atoms with Crippen molar-refractivity contribution in [3.63, 3.8) is 0 Å². The fourth-order valence-corrected chi connectivity index (χ4v) is 2.65. The third kappa shape index (κ3) is 4.29. The highest BCUT2D eigenvalue weighted by Crippen LogP contribution is 2.24. The minimum Gasteiger partial charge on any atom is -0.452 e. The van der Waals surface area contributed by atoms with Gasteiger partial charge in [-0.15, -0.1) is 0 Å². The molecule has 3 rings (SSSR count). The summed E-state index contributed by atoms with van der Waals surface area (Å²) in [5, 5.41) is 15.7. The average Bonchev–Trinajstić information content (AvgIpc) is 2.67. The van der Waals surface area contributed by atoms with Crippen LogP contribution in [-0.2, 0) is 20.7 Å². The second kappa shape index (κ2) is 7.82. The number of nitrogens with zero attached hydrogens (tertiary/aromatic N) is 1. The van der Waals surface area contributed by atoms with E-state index < -0.39 is 34.9 Å². The summed E-state index contributed by atoms with van der Waals surface area (Å²) in [6, 6.07) is 7.51. The predicted molar refractivity (Wildman–Crippen MR) is 95.4 cm³/mol. The first-order chi connectivity index (χ1) is 13.3. The number of rotatable bonds is 5. The summed E-state index contributed by atoms with van der Waals surface area (Å²) in [6.45, 7) is -0.627. The lowest BCUT2D eigenvalue weighted by Crippen LogP contribution is -2.22. The molecule has 0 saturated heterocycles. The molecule has 28 heavy (non-hydrogen) atoms. The first kappa shape index (κ1) is 19.0. The lowest BCUT2D eigenvalue weighted by molar-refractivity contribution is -0.387. The van der Waals surface area contributed by atoms with Crippen molar-refractivity contribution in [2.45, 2.75) is 12.8 Å². The number of aryl methyl sites for hydroxylation is 1. The van der Waals surface area contributed by atoms with Gasteiger partial charge in [-0.3, -0.25) is 19.7 Å². The molecule has 1 heterocycles. The maximum Gasteiger partial charge on any atom is 0.338 e. The molecule has 144 valence electrons. The second-order valence-corrected chi connectivity index (χ2v) is 5.97. The van der Waals surface area contributed by atoms with Crippen molar-refractivity contribution in [2.75, 3.05) is 17.2 Å². The Hall–Kier alpha value is -3.82. The number of carbonyl (C=O) groups excluding carboxylic acids is 3. The van der Waals surface area contributed by atoms with Crippen LogP contribution in [0.5, 0.6) is 0 Å². The molecule has 1 aliphatic heterocycles. The molecule has 2 aromatic carbocycles. The smallest absolute Gasteiger partial charge is 0.338 e. The van der Waals surface area contributed by atoms with Gasteiger partial charge in [0.25, 0.3) is 5.91 Å². The van der Waals surface area contributed by atoms with Crippen molar-refractivity contribution in [1.82, 2.24) is 0 Å². The van der Waals surface area contributed by atoms with E-state index in [1.54, 1.807) is 12.1 Å². The van der Waals surface area contributed by atoms with E-state index in [0.717, 1.165) is 23.8 Å². The number of esters is 1. The Morgan fingerprint density at radius 2 is 2.00 bits per heavy atom. The summed E-state index contributed by atoms with van der Waals surface area (Å²) in [6.07, 6.45) is 0.809. The molecule has 2 N–H and O–H groups in total. The molecule has 0 fully saturated rings. The molecular weight excluding hydrogens is 373 g/mol. The van der Waals surface area contributed by atoms with E-state index in [4.69, 9.17) is 4.74 Å². The normalized spacial score (nSPS) is 12.5. The highest BCUT2D eigenvalue weighted by molar-refractivity contribution is 5.97. The van der Waals surface area contributed by atoms with Crippen molar-refractivity contribution < 1.29 is 28.4 Å². The summed E-state index contributed by atoms with van der Waals surface area (Å²) >= 11 is 0. The molecule has 0 unspecified atom stereocenters. The SMILES string of the molecule is O=C(COC(=O)c1ccc2c(c1)CCC(=O)N2)Nc1ccc(F)c([N+](=O)[O-])c1. The minimum atomic E-state index is -1.03. The van der Waals surface area contributed by atoms with Gasteiger partial charge in [0.2, 0.25) is 11.7 Å². The van der Waals surface area contributed by atoms with Gasteiger partial charge >= 0.3 is 11.7 Å². The number of anilines is 2. The fraction of sp³-hybridized carbons (Fsp3) is 0.167. The van der Waals surface area contributed by atoms with Crippen LogP contribution in [-0.4, -0.2) is 29.3 Å². The summed E-state index contributed by atoms with van der Waals surface area (Å²) in [5.74, 6) is -2.60. The molecule has 0 saturated carbocycles. The molecular formula is C18H14FN3O6. The molecule has 0 bridgehead atoms. The van der Waals surface area contributed by atoms with E-state index in [9.17, 15) is 28.9 Å². The maximum atomic E-state index is 13.3. The van der Waals surface area contributed by atoms with Gasteiger partial charge in [-0.05, 0) is 42.3 Å². The van der Waals surface area contributed by atoms with Gasteiger partial charge in [0.05, 0.1) is 10.5 Å². The van der Waals surface area contributed by atoms with Gasteiger partial charge in [0, 0.05) is 23.9 Å². The molecule has 0 radical (unpaired) electrons. The summed E-state index contributed by atoms with van der Waals surface area (Å²) in [7, 11) is 0. The number of fused-ring (bicyclic) bond motifs is 1. The van der Waals surface area contributed by atoms with Crippen LogP contribution >= 0.6 is 0 Å². The summed E-state index contributed by atoms with van der Waals surface area (Å²) in [4.78, 5) is 45.1. The Morgan fingerprint density at radius 1 is 1.21 bits per heavy atom. The summed E-state index contributed by atoms with van der Waals surface area (Å²) in [5.41, 5.74) is 0.857. The number of nitrogens with one attached hydrogen (secondary N) is 2. The number of carbonyl (C=O) groups is 3. The standard InChI is InChI=1S/C18H14FN3O6/c19-13-4-3-12(8-15(13)22(26)27)20-17(24)9-28-18(25)11-1-5-14-10(7-11)2-6-16(23)21-14/h1,3-5,7-8H,2,6,9H2,(H,20,24)(H,21,23). The van der Waals surface area contributed by atoms with E-state index in [-0.39, 0.29) is 17.2 Å². The second-order valence-electron chi connectivity index (χ2n) is 5.97. The summed E-state index contributed by atoms with van der Waals surface area (Å²) < 4.78 is 18.2. The van der Waals surface area contributed by atoms with Crippen LogP contribution in [0.25, 0.3) is 0 Å². The van der Waals surface area contributed by atoms with E-state index in [0.29, 0.717) is 18.5 Å². The van der Waals surface area contributed by atoms with E-state index in [1.165, 1.54) is 6.07 Å². The number of hydrogen-bond acceptors (Lipinski definition) is 6. The number of nitro groups is 1. The van der Waals surface area contributed by atoms with E-state index >= 15 is 0 Å². The molecule has 0 aromatic heterocycles. The molecule has 1 aliphatic rings. The number of hydrogen-bond donors (Lipinski definition) is 2. The first-order valence-corrected chi connectivity index (χ1v) is 8.17. The molecule has 0 spiro atoms. The van der Waals surface area contributed by atoms with Crippen LogP contribution in [0.4, 0.5) is 21.5 Å². The van der Waals surface area contributed by atoms with Crippen LogP contribution < -0.4 is 10.6 Å². The zero-order chi connectivity index (χ0) is 20.3. The predicted octanol–water partition coefficient (Wildman–Crippen LogP) is 2.41. The molecule has 10 heteroatoms. The number of benzene rings is 2.